The van der Waals surface area contributed by atoms with E-state index < -0.39 is 11.4 Å². The predicted octanol–water partition coefficient (Wildman–Crippen LogP) is 1.56. The molecule has 0 unspecified atom stereocenters. The fraction of sp³-hybridized carbons (Fsp3) is 0.500. The average molecular weight is 236 g/mol. The quantitative estimate of drug-likeness (QED) is 0.745. The summed E-state index contributed by atoms with van der Waals surface area (Å²) in [6, 6.07) is 0. The highest BCUT2D eigenvalue weighted by molar-refractivity contribution is 5.91. The van der Waals surface area contributed by atoms with E-state index in [1.165, 1.54) is 12.4 Å². The molecule has 92 valence electrons. The standard InChI is InChI=1S/C12H16N2O3/c1-8-5-14-9(6-13-8)11(16)17-7-10(15)12(2,3)4/h5-6H,7H2,1-4H3. The van der Waals surface area contributed by atoms with Gasteiger partial charge in [-0.15, -0.1) is 0 Å². The van der Waals surface area contributed by atoms with E-state index in [4.69, 9.17) is 4.74 Å². The van der Waals surface area contributed by atoms with Crippen LogP contribution in [0.2, 0.25) is 0 Å². The highest BCUT2D eigenvalue weighted by atomic mass is 16.5. The van der Waals surface area contributed by atoms with E-state index in [-0.39, 0.29) is 18.1 Å². The summed E-state index contributed by atoms with van der Waals surface area (Å²) in [6.45, 7) is 6.85. The molecule has 0 aliphatic carbocycles. The lowest BCUT2D eigenvalue weighted by Gasteiger charge is -2.15. The summed E-state index contributed by atoms with van der Waals surface area (Å²) in [5.41, 5.74) is 0.309. The minimum atomic E-state index is -0.630. The maximum atomic E-state index is 11.5. The van der Waals surface area contributed by atoms with Crippen LogP contribution in [0.15, 0.2) is 12.4 Å². The lowest BCUT2D eigenvalue weighted by molar-refractivity contribution is -0.129. The minimum absolute atomic E-state index is 0.109. The SMILES string of the molecule is Cc1cnc(C(=O)OCC(=O)C(C)(C)C)cn1. The zero-order valence-corrected chi connectivity index (χ0v) is 10.5. The summed E-state index contributed by atoms with van der Waals surface area (Å²) >= 11 is 0. The third-order valence-electron chi connectivity index (χ3n) is 2.16. The van der Waals surface area contributed by atoms with Gasteiger partial charge in [-0.1, -0.05) is 20.8 Å². The smallest absolute Gasteiger partial charge is 0.358 e. The largest absolute Gasteiger partial charge is 0.453 e. The first-order valence-corrected chi connectivity index (χ1v) is 5.30. The second-order valence-corrected chi connectivity index (χ2v) is 4.79. The molecule has 5 nitrogen and oxygen atoms in total. The molecule has 1 aromatic rings. The predicted molar refractivity (Wildman–Crippen MR) is 61.5 cm³/mol. The van der Waals surface area contributed by atoms with E-state index in [0.29, 0.717) is 5.69 Å². The van der Waals surface area contributed by atoms with Gasteiger partial charge in [-0.05, 0) is 6.92 Å². The molecule has 0 radical (unpaired) electrons. The van der Waals surface area contributed by atoms with Gasteiger partial charge in [-0.3, -0.25) is 9.78 Å². The zero-order chi connectivity index (χ0) is 13.1. The van der Waals surface area contributed by atoms with Crippen LogP contribution >= 0.6 is 0 Å². The van der Waals surface area contributed by atoms with E-state index in [0.717, 1.165) is 0 Å². The van der Waals surface area contributed by atoms with Crippen molar-refractivity contribution in [1.82, 2.24) is 9.97 Å². The maximum absolute atomic E-state index is 11.5. The van der Waals surface area contributed by atoms with Gasteiger partial charge in [-0.2, -0.15) is 0 Å². The molecule has 1 heterocycles. The Balaban J connectivity index is 2.56. The number of hydrogen-bond acceptors (Lipinski definition) is 5. The molecular weight excluding hydrogens is 220 g/mol. The van der Waals surface area contributed by atoms with Crippen molar-refractivity contribution in [3.8, 4) is 0 Å². The van der Waals surface area contributed by atoms with Crippen LogP contribution < -0.4 is 0 Å². The van der Waals surface area contributed by atoms with Crippen LogP contribution in [-0.2, 0) is 9.53 Å². The highest BCUT2D eigenvalue weighted by Crippen LogP contribution is 2.14. The molecule has 0 saturated carbocycles. The number of carbonyl (C=O) groups excluding carboxylic acids is 2. The minimum Gasteiger partial charge on any atom is -0.453 e. The van der Waals surface area contributed by atoms with Gasteiger partial charge in [0.25, 0.3) is 0 Å². The summed E-state index contributed by atoms with van der Waals surface area (Å²) in [5.74, 6) is -0.763. The van der Waals surface area contributed by atoms with E-state index in [1.54, 1.807) is 27.7 Å². The van der Waals surface area contributed by atoms with Crippen molar-refractivity contribution in [2.75, 3.05) is 6.61 Å². The van der Waals surface area contributed by atoms with Crippen molar-refractivity contribution in [3.63, 3.8) is 0 Å². The Morgan fingerprint density at radius 1 is 1.24 bits per heavy atom. The Kier molecular flexibility index (Phi) is 3.93. The molecule has 0 fully saturated rings. The van der Waals surface area contributed by atoms with Gasteiger partial charge in [0.2, 0.25) is 0 Å². The number of aromatic nitrogens is 2. The second kappa shape index (κ2) is 5.03. The molecule has 0 spiro atoms. The molecule has 0 aliphatic heterocycles. The van der Waals surface area contributed by atoms with Crippen molar-refractivity contribution in [1.29, 1.82) is 0 Å². The number of carbonyl (C=O) groups is 2. The third kappa shape index (κ3) is 3.94. The summed E-state index contributed by atoms with van der Waals surface area (Å²) < 4.78 is 4.87. The first-order chi connectivity index (χ1) is 7.80. The van der Waals surface area contributed by atoms with E-state index >= 15 is 0 Å². The Morgan fingerprint density at radius 3 is 2.35 bits per heavy atom. The van der Waals surface area contributed by atoms with Crippen LogP contribution in [0.5, 0.6) is 0 Å². The van der Waals surface area contributed by atoms with Gasteiger partial charge in [0.1, 0.15) is 0 Å². The van der Waals surface area contributed by atoms with Crippen molar-refractivity contribution >= 4 is 11.8 Å². The first-order valence-electron chi connectivity index (χ1n) is 5.30. The van der Waals surface area contributed by atoms with Crippen LogP contribution in [0.3, 0.4) is 0 Å². The molecule has 1 rings (SSSR count). The van der Waals surface area contributed by atoms with Gasteiger partial charge in [0.15, 0.2) is 18.1 Å². The van der Waals surface area contributed by atoms with Gasteiger partial charge < -0.3 is 4.74 Å². The molecule has 0 atom stereocenters. The van der Waals surface area contributed by atoms with Gasteiger partial charge >= 0.3 is 5.97 Å². The molecular formula is C12H16N2O3. The lowest BCUT2D eigenvalue weighted by atomic mass is 9.91. The summed E-state index contributed by atoms with van der Waals surface area (Å²) in [6.07, 6.45) is 2.81. The molecule has 1 aromatic heterocycles. The van der Waals surface area contributed by atoms with E-state index in [2.05, 4.69) is 9.97 Å². The number of hydrogen-bond donors (Lipinski definition) is 0. The Hall–Kier alpha value is -1.78. The number of ether oxygens (including phenoxy) is 1. The van der Waals surface area contributed by atoms with Crippen molar-refractivity contribution in [2.24, 2.45) is 5.41 Å². The number of nitrogens with zero attached hydrogens (tertiary/aromatic N) is 2. The number of aryl methyl sites for hydroxylation is 1. The number of rotatable bonds is 3. The van der Waals surface area contributed by atoms with Crippen LogP contribution in [0.25, 0.3) is 0 Å². The number of Topliss-reactive ketones (excluding diaryl/α,β-unsaturated/α-hetero) is 1. The van der Waals surface area contributed by atoms with Crippen LogP contribution in [0.4, 0.5) is 0 Å². The molecule has 0 aliphatic rings. The van der Waals surface area contributed by atoms with Crippen molar-refractivity contribution in [2.45, 2.75) is 27.7 Å². The molecule has 0 aromatic carbocycles. The van der Waals surface area contributed by atoms with Crippen LogP contribution in [0, 0.1) is 12.3 Å². The Labute approximate surface area is 100 Å². The van der Waals surface area contributed by atoms with Gasteiger partial charge in [0, 0.05) is 11.6 Å². The lowest BCUT2D eigenvalue weighted by Crippen LogP contribution is -2.26. The fourth-order valence-corrected chi connectivity index (χ4v) is 0.920. The summed E-state index contributed by atoms with van der Waals surface area (Å²) in [7, 11) is 0. The maximum Gasteiger partial charge on any atom is 0.358 e. The summed E-state index contributed by atoms with van der Waals surface area (Å²) in [5, 5.41) is 0. The van der Waals surface area contributed by atoms with Crippen LogP contribution in [0.1, 0.15) is 37.0 Å². The van der Waals surface area contributed by atoms with Crippen molar-refractivity contribution in [3.05, 3.63) is 23.8 Å². The third-order valence-corrected chi connectivity index (χ3v) is 2.16. The first kappa shape index (κ1) is 13.3. The van der Waals surface area contributed by atoms with Gasteiger partial charge in [0.05, 0.1) is 11.9 Å². The second-order valence-electron chi connectivity index (χ2n) is 4.79. The summed E-state index contributed by atoms with van der Waals surface area (Å²) in [4.78, 5) is 30.8. The monoisotopic (exact) mass is 236 g/mol. The molecule has 0 N–H and O–H groups in total. The normalized spacial score (nSPS) is 11.1. The van der Waals surface area contributed by atoms with E-state index in [9.17, 15) is 9.59 Å². The van der Waals surface area contributed by atoms with Crippen molar-refractivity contribution < 1.29 is 14.3 Å². The van der Waals surface area contributed by atoms with E-state index in [1.807, 2.05) is 0 Å². The number of esters is 1. The zero-order valence-electron chi connectivity index (χ0n) is 10.5. The molecule has 0 amide bonds. The fourth-order valence-electron chi connectivity index (χ4n) is 0.920. The highest BCUT2D eigenvalue weighted by Gasteiger charge is 2.23. The van der Waals surface area contributed by atoms with Crippen LogP contribution in [-0.4, -0.2) is 28.3 Å². The topological polar surface area (TPSA) is 69.2 Å². The molecule has 5 heteroatoms. The Morgan fingerprint density at radius 2 is 1.88 bits per heavy atom. The molecule has 0 bridgehead atoms. The average Bonchev–Trinajstić information content (AvgIpc) is 2.25. The molecule has 0 saturated heterocycles. The molecule has 17 heavy (non-hydrogen) atoms. The number of ketones is 1. The van der Waals surface area contributed by atoms with Gasteiger partial charge in [-0.25, -0.2) is 9.78 Å². The Bertz CT molecular complexity index is 418.